The fourth-order valence-corrected chi connectivity index (χ4v) is 3.08. The van der Waals surface area contributed by atoms with E-state index in [4.69, 9.17) is 27.9 Å². The molecule has 0 saturated heterocycles. The number of nitrogens with one attached hydrogen (secondary N) is 1. The van der Waals surface area contributed by atoms with Crippen molar-refractivity contribution in [3.8, 4) is 5.75 Å². The second kappa shape index (κ2) is 10.5. The average Bonchev–Trinajstić information content (AvgIpc) is 2.67. The number of nitrogens with zero attached hydrogens (tertiary/aromatic N) is 1. The van der Waals surface area contributed by atoms with Gasteiger partial charge in [-0.2, -0.15) is 0 Å². The standard InChI is InChI=1S/C22H26Cl2N2O3/c1-14(2)25-22(28)16(4)26(12-17-9-10-18(23)19(24)11-17)21(27)13-29-20-8-6-5-7-15(20)3/h5-11,14,16H,12-13H2,1-4H3,(H,25,28). The lowest BCUT2D eigenvalue weighted by molar-refractivity contribution is -0.142. The van der Waals surface area contributed by atoms with E-state index in [0.29, 0.717) is 15.8 Å². The van der Waals surface area contributed by atoms with Crippen molar-refractivity contribution in [1.82, 2.24) is 10.2 Å². The van der Waals surface area contributed by atoms with Gasteiger partial charge < -0.3 is 15.0 Å². The lowest BCUT2D eigenvalue weighted by Crippen LogP contribution is -2.50. The normalized spacial score (nSPS) is 11.8. The molecule has 0 aliphatic carbocycles. The fraction of sp³-hybridized carbons (Fsp3) is 0.364. The monoisotopic (exact) mass is 436 g/mol. The molecule has 1 atom stereocenters. The Bertz CT molecular complexity index is 871. The van der Waals surface area contributed by atoms with Gasteiger partial charge in [0.1, 0.15) is 11.8 Å². The summed E-state index contributed by atoms with van der Waals surface area (Å²) in [6, 6.07) is 11.9. The van der Waals surface area contributed by atoms with Gasteiger partial charge in [-0.1, -0.05) is 47.5 Å². The first kappa shape index (κ1) is 23.0. The Hall–Kier alpha value is -2.24. The Morgan fingerprint density at radius 2 is 1.76 bits per heavy atom. The Morgan fingerprint density at radius 1 is 1.07 bits per heavy atom. The lowest BCUT2D eigenvalue weighted by Gasteiger charge is -2.29. The van der Waals surface area contributed by atoms with E-state index >= 15 is 0 Å². The zero-order chi connectivity index (χ0) is 21.6. The van der Waals surface area contributed by atoms with E-state index in [9.17, 15) is 9.59 Å². The van der Waals surface area contributed by atoms with Crippen LogP contribution >= 0.6 is 23.2 Å². The van der Waals surface area contributed by atoms with Gasteiger partial charge in [0.05, 0.1) is 10.0 Å². The van der Waals surface area contributed by atoms with Crippen molar-refractivity contribution in [2.24, 2.45) is 0 Å². The zero-order valence-corrected chi connectivity index (χ0v) is 18.6. The molecule has 29 heavy (non-hydrogen) atoms. The number of halogens is 2. The maximum Gasteiger partial charge on any atom is 0.261 e. The van der Waals surface area contributed by atoms with Gasteiger partial charge in [0, 0.05) is 12.6 Å². The van der Waals surface area contributed by atoms with E-state index in [2.05, 4.69) is 5.32 Å². The van der Waals surface area contributed by atoms with E-state index in [1.807, 2.05) is 39.0 Å². The summed E-state index contributed by atoms with van der Waals surface area (Å²) < 4.78 is 5.70. The number of amides is 2. The highest BCUT2D eigenvalue weighted by molar-refractivity contribution is 6.42. The predicted molar refractivity (Wildman–Crippen MR) is 116 cm³/mol. The molecule has 0 aliphatic rings. The van der Waals surface area contributed by atoms with Gasteiger partial charge >= 0.3 is 0 Å². The van der Waals surface area contributed by atoms with Gasteiger partial charge in [-0.05, 0) is 57.0 Å². The molecule has 0 aliphatic heterocycles. The molecule has 1 unspecified atom stereocenters. The van der Waals surface area contributed by atoms with Crippen molar-refractivity contribution in [3.63, 3.8) is 0 Å². The van der Waals surface area contributed by atoms with Crippen LogP contribution in [-0.2, 0) is 16.1 Å². The minimum absolute atomic E-state index is 0.0323. The Morgan fingerprint density at radius 3 is 2.38 bits per heavy atom. The first-order valence-corrected chi connectivity index (χ1v) is 10.2. The molecule has 0 saturated carbocycles. The van der Waals surface area contributed by atoms with Crippen molar-refractivity contribution < 1.29 is 14.3 Å². The van der Waals surface area contributed by atoms with E-state index in [1.54, 1.807) is 31.2 Å². The highest BCUT2D eigenvalue weighted by Crippen LogP contribution is 2.24. The van der Waals surface area contributed by atoms with Crippen molar-refractivity contribution in [3.05, 3.63) is 63.6 Å². The molecule has 0 heterocycles. The quantitative estimate of drug-likeness (QED) is 0.656. The summed E-state index contributed by atoms with van der Waals surface area (Å²) in [6.07, 6.45) is 0. The van der Waals surface area contributed by atoms with Crippen molar-refractivity contribution in [2.75, 3.05) is 6.61 Å². The smallest absolute Gasteiger partial charge is 0.261 e. The first-order chi connectivity index (χ1) is 13.7. The van der Waals surface area contributed by atoms with Gasteiger partial charge in [0.15, 0.2) is 6.61 Å². The number of para-hydroxylation sites is 1. The molecule has 156 valence electrons. The zero-order valence-electron chi connectivity index (χ0n) is 17.0. The van der Waals surface area contributed by atoms with Crippen molar-refractivity contribution >= 4 is 35.0 Å². The van der Waals surface area contributed by atoms with Crippen molar-refractivity contribution in [1.29, 1.82) is 0 Å². The highest BCUT2D eigenvalue weighted by Gasteiger charge is 2.27. The molecule has 0 fully saturated rings. The summed E-state index contributed by atoms with van der Waals surface area (Å²) in [5.74, 6) is 0.102. The number of carbonyl (C=O) groups is 2. The number of rotatable bonds is 8. The lowest BCUT2D eigenvalue weighted by atomic mass is 10.1. The van der Waals surface area contributed by atoms with E-state index in [-0.39, 0.29) is 31.0 Å². The third kappa shape index (κ3) is 6.65. The molecule has 2 aromatic carbocycles. The molecule has 0 spiro atoms. The van der Waals surface area contributed by atoms with Crippen LogP contribution in [0.1, 0.15) is 31.9 Å². The highest BCUT2D eigenvalue weighted by atomic mass is 35.5. The van der Waals surface area contributed by atoms with Crippen LogP contribution in [0.25, 0.3) is 0 Å². The first-order valence-electron chi connectivity index (χ1n) is 9.41. The SMILES string of the molecule is Cc1ccccc1OCC(=O)N(Cc1ccc(Cl)c(Cl)c1)C(C)C(=O)NC(C)C. The molecular formula is C22H26Cl2N2O3. The maximum atomic E-state index is 13.0. The Balaban J connectivity index is 2.20. The van der Waals surface area contributed by atoms with E-state index < -0.39 is 6.04 Å². The molecule has 1 N–H and O–H groups in total. The largest absolute Gasteiger partial charge is 0.484 e. The van der Waals surface area contributed by atoms with Gasteiger partial charge in [-0.25, -0.2) is 0 Å². The van der Waals surface area contributed by atoms with E-state index in [0.717, 1.165) is 11.1 Å². The summed E-state index contributed by atoms with van der Waals surface area (Å²) in [5, 5.41) is 3.67. The summed E-state index contributed by atoms with van der Waals surface area (Å²) in [7, 11) is 0. The molecule has 0 bridgehead atoms. The number of hydrogen-bond donors (Lipinski definition) is 1. The topological polar surface area (TPSA) is 58.6 Å². The minimum Gasteiger partial charge on any atom is -0.484 e. The molecule has 2 rings (SSSR count). The number of carbonyl (C=O) groups excluding carboxylic acids is 2. The van der Waals surface area contributed by atoms with Gasteiger partial charge in [-0.3, -0.25) is 9.59 Å². The number of aryl methyl sites for hydroxylation is 1. The van der Waals surface area contributed by atoms with Gasteiger partial charge in [0.2, 0.25) is 5.91 Å². The summed E-state index contributed by atoms with van der Waals surface area (Å²) in [6.45, 7) is 7.38. The molecule has 5 nitrogen and oxygen atoms in total. The number of hydrogen-bond acceptors (Lipinski definition) is 3. The fourth-order valence-electron chi connectivity index (χ4n) is 2.76. The van der Waals surface area contributed by atoms with Gasteiger partial charge in [0.25, 0.3) is 5.91 Å². The molecule has 7 heteroatoms. The molecule has 0 aromatic heterocycles. The minimum atomic E-state index is -0.681. The second-order valence-corrected chi connectivity index (χ2v) is 7.98. The molecule has 2 aromatic rings. The summed E-state index contributed by atoms with van der Waals surface area (Å²) >= 11 is 12.1. The van der Waals surface area contributed by atoms with Crippen LogP contribution in [0.4, 0.5) is 0 Å². The Kier molecular flexibility index (Phi) is 8.35. The van der Waals surface area contributed by atoms with Crippen LogP contribution in [0.15, 0.2) is 42.5 Å². The van der Waals surface area contributed by atoms with Crippen LogP contribution < -0.4 is 10.1 Å². The van der Waals surface area contributed by atoms with Crippen molar-refractivity contribution in [2.45, 2.75) is 46.3 Å². The third-order valence-electron chi connectivity index (χ3n) is 4.38. The van der Waals surface area contributed by atoms with E-state index in [1.165, 1.54) is 4.90 Å². The second-order valence-electron chi connectivity index (χ2n) is 7.16. The molecule has 2 amide bonds. The predicted octanol–water partition coefficient (Wildman–Crippen LogP) is 4.62. The van der Waals surface area contributed by atoms with Crippen LogP contribution in [0.5, 0.6) is 5.75 Å². The van der Waals surface area contributed by atoms with Crippen LogP contribution in [0, 0.1) is 6.92 Å². The molecular weight excluding hydrogens is 411 g/mol. The average molecular weight is 437 g/mol. The van der Waals surface area contributed by atoms with Crippen LogP contribution in [-0.4, -0.2) is 35.4 Å². The maximum absolute atomic E-state index is 13.0. The van der Waals surface area contributed by atoms with Crippen LogP contribution in [0.2, 0.25) is 10.0 Å². The molecule has 0 radical (unpaired) electrons. The Labute approximate surface area is 181 Å². The third-order valence-corrected chi connectivity index (χ3v) is 5.12. The summed E-state index contributed by atoms with van der Waals surface area (Å²) in [4.78, 5) is 27.0. The van der Waals surface area contributed by atoms with Crippen LogP contribution in [0.3, 0.4) is 0 Å². The summed E-state index contributed by atoms with van der Waals surface area (Å²) in [5.41, 5.74) is 1.70. The van der Waals surface area contributed by atoms with Gasteiger partial charge in [-0.15, -0.1) is 0 Å². The number of ether oxygens (including phenoxy) is 1. The number of benzene rings is 2.